The van der Waals surface area contributed by atoms with Gasteiger partial charge in [-0.3, -0.25) is 10.1 Å². The van der Waals surface area contributed by atoms with Crippen LogP contribution in [0.2, 0.25) is 0 Å². The van der Waals surface area contributed by atoms with E-state index in [1.807, 2.05) is 0 Å². The number of anilines is 1. The fourth-order valence-electron chi connectivity index (χ4n) is 2.10. The number of amides is 3. The SMILES string of the molecule is CCOC(=O)COc1ccc(NC(=O)NC(=O)c2ccc(C(N)=S)cc2)cc1. The maximum atomic E-state index is 12.1. The van der Waals surface area contributed by atoms with Gasteiger partial charge in [-0.15, -0.1) is 0 Å². The van der Waals surface area contributed by atoms with E-state index in [1.54, 1.807) is 43.3 Å². The minimum absolute atomic E-state index is 0.205. The van der Waals surface area contributed by atoms with E-state index in [-0.39, 0.29) is 23.8 Å². The largest absolute Gasteiger partial charge is 0.482 e. The van der Waals surface area contributed by atoms with Gasteiger partial charge in [0, 0.05) is 16.8 Å². The number of ether oxygens (including phenoxy) is 2. The lowest BCUT2D eigenvalue weighted by Crippen LogP contribution is -2.34. The number of thiocarbonyl (C=S) groups is 1. The van der Waals surface area contributed by atoms with E-state index < -0.39 is 17.9 Å². The number of nitrogens with two attached hydrogens (primary N) is 1. The Morgan fingerprint density at radius 1 is 1.00 bits per heavy atom. The van der Waals surface area contributed by atoms with Crippen LogP contribution >= 0.6 is 12.2 Å². The molecule has 0 aliphatic carbocycles. The molecule has 3 amide bonds. The summed E-state index contributed by atoms with van der Waals surface area (Å²) in [6, 6.07) is 11.8. The van der Waals surface area contributed by atoms with E-state index in [9.17, 15) is 14.4 Å². The van der Waals surface area contributed by atoms with Crippen LogP contribution in [0.3, 0.4) is 0 Å². The van der Waals surface area contributed by atoms with Crippen molar-refractivity contribution in [1.82, 2.24) is 5.32 Å². The molecule has 2 aromatic rings. The molecular formula is C19H19N3O5S. The van der Waals surface area contributed by atoms with Gasteiger partial charge in [0.2, 0.25) is 0 Å². The summed E-state index contributed by atoms with van der Waals surface area (Å²) >= 11 is 4.85. The third kappa shape index (κ3) is 6.36. The van der Waals surface area contributed by atoms with Crippen LogP contribution in [0.4, 0.5) is 10.5 Å². The third-order valence-corrected chi connectivity index (χ3v) is 3.67. The third-order valence-electron chi connectivity index (χ3n) is 3.43. The highest BCUT2D eigenvalue weighted by Crippen LogP contribution is 2.15. The second-order valence-corrected chi connectivity index (χ2v) is 5.91. The fourth-order valence-corrected chi connectivity index (χ4v) is 2.24. The van der Waals surface area contributed by atoms with Crippen LogP contribution in [0.25, 0.3) is 0 Å². The summed E-state index contributed by atoms with van der Waals surface area (Å²) in [5.41, 5.74) is 6.86. The molecule has 9 heteroatoms. The Hall–Kier alpha value is -3.46. The summed E-state index contributed by atoms with van der Waals surface area (Å²) in [5.74, 6) is -0.599. The lowest BCUT2D eigenvalue weighted by atomic mass is 10.1. The number of carbonyl (C=O) groups is 3. The Labute approximate surface area is 167 Å². The van der Waals surface area contributed by atoms with Gasteiger partial charge in [-0.2, -0.15) is 0 Å². The maximum absolute atomic E-state index is 12.1. The highest BCUT2D eigenvalue weighted by atomic mass is 32.1. The van der Waals surface area contributed by atoms with Gasteiger partial charge >= 0.3 is 12.0 Å². The lowest BCUT2D eigenvalue weighted by molar-refractivity contribution is -0.145. The number of hydrogen-bond donors (Lipinski definition) is 3. The van der Waals surface area contributed by atoms with Gasteiger partial charge in [0.15, 0.2) is 6.61 Å². The topological polar surface area (TPSA) is 120 Å². The number of carbonyl (C=O) groups excluding carboxylic acids is 3. The Balaban J connectivity index is 1.85. The van der Waals surface area contributed by atoms with E-state index in [0.29, 0.717) is 17.0 Å². The zero-order chi connectivity index (χ0) is 20.5. The summed E-state index contributed by atoms with van der Waals surface area (Å²) in [6.07, 6.45) is 0. The standard InChI is InChI=1S/C19H19N3O5S/c1-2-26-16(23)11-27-15-9-7-14(8-10-15)21-19(25)22-18(24)13-5-3-12(4-6-13)17(20)28/h3-10H,2,11H2,1H3,(H2,20,28)(H2,21,22,24,25). The van der Waals surface area contributed by atoms with E-state index in [4.69, 9.17) is 27.4 Å². The van der Waals surface area contributed by atoms with E-state index in [1.165, 1.54) is 12.1 Å². The molecule has 0 spiro atoms. The average molecular weight is 401 g/mol. The Kier molecular flexibility index (Phi) is 7.46. The van der Waals surface area contributed by atoms with Gasteiger partial charge in [0.25, 0.3) is 5.91 Å². The van der Waals surface area contributed by atoms with E-state index in [2.05, 4.69) is 10.6 Å². The molecule has 0 radical (unpaired) electrons. The Morgan fingerprint density at radius 2 is 1.61 bits per heavy atom. The number of esters is 1. The minimum Gasteiger partial charge on any atom is -0.482 e. The molecular weight excluding hydrogens is 382 g/mol. The van der Waals surface area contributed by atoms with Gasteiger partial charge in [-0.05, 0) is 43.3 Å². The van der Waals surface area contributed by atoms with Crippen LogP contribution in [-0.2, 0) is 9.53 Å². The van der Waals surface area contributed by atoms with E-state index in [0.717, 1.165) is 0 Å². The van der Waals surface area contributed by atoms with Crippen LogP contribution in [-0.4, -0.2) is 36.1 Å². The summed E-state index contributed by atoms with van der Waals surface area (Å²) in [5, 5.41) is 4.74. The smallest absolute Gasteiger partial charge is 0.344 e. The monoisotopic (exact) mass is 401 g/mol. The summed E-state index contributed by atoms with van der Waals surface area (Å²) in [6.45, 7) is 1.78. The highest BCUT2D eigenvalue weighted by Gasteiger charge is 2.11. The molecule has 0 aliphatic heterocycles. The molecule has 0 atom stereocenters. The molecule has 0 bridgehead atoms. The predicted octanol–water partition coefficient (Wildman–Crippen LogP) is 2.22. The van der Waals surface area contributed by atoms with Gasteiger partial charge in [-0.25, -0.2) is 9.59 Å². The zero-order valence-corrected chi connectivity index (χ0v) is 15.9. The summed E-state index contributed by atoms with van der Waals surface area (Å²) in [4.78, 5) is 35.5. The molecule has 8 nitrogen and oxygen atoms in total. The molecule has 0 saturated heterocycles. The molecule has 2 rings (SSSR count). The van der Waals surface area contributed by atoms with Crippen molar-refractivity contribution in [3.8, 4) is 5.75 Å². The molecule has 0 saturated carbocycles. The molecule has 4 N–H and O–H groups in total. The highest BCUT2D eigenvalue weighted by molar-refractivity contribution is 7.80. The van der Waals surface area contributed by atoms with Crippen molar-refractivity contribution in [3.63, 3.8) is 0 Å². The number of nitrogens with one attached hydrogen (secondary N) is 2. The molecule has 2 aromatic carbocycles. The molecule has 0 heterocycles. The number of imide groups is 1. The lowest BCUT2D eigenvalue weighted by Gasteiger charge is -2.09. The van der Waals surface area contributed by atoms with Crippen molar-refractivity contribution in [2.75, 3.05) is 18.5 Å². The predicted molar refractivity (Wildman–Crippen MR) is 107 cm³/mol. The first-order valence-electron chi connectivity index (χ1n) is 8.29. The first kappa shape index (κ1) is 20.8. The zero-order valence-electron chi connectivity index (χ0n) is 15.1. The second-order valence-electron chi connectivity index (χ2n) is 5.47. The van der Waals surface area contributed by atoms with Crippen LogP contribution in [0.15, 0.2) is 48.5 Å². The summed E-state index contributed by atoms with van der Waals surface area (Å²) < 4.78 is 10.0. The van der Waals surface area contributed by atoms with Crippen molar-refractivity contribution in [2.24, 2.45) is 5.73 Å². The minimum atomic E-state index is -0.691. The summed E-state index contributed by atoms with van der Waals surface area (Å²) in [7, 11) is 0. The Bertz CT molecular complexity index is 866. The van der Waals surface area contributed by atoms with Crippen LogP contribution < -0.4 is 21.1 Å². The molecule has 0 aliphatic rings. The molecule has 28 heavy (non-hydrogen) atoms. The number of hydrogen-bond acceptors (Lipinski definition) is 6. The van der Waals surface area contributed by atoms with Crippen molar-refractivity contribution in [3.05, 3.63) is 59.7 Å². The number of rotatable bonds is 7. The second kappa shape index (κ2) is 10.0. The first-order chi connectivity index (χ1) is 13.4. The van der Waals surface area contributed by atoms with Crippen molar-refractivity contribution >= 4 is 40.8 Å². The van der Waals surface area contributed by atoms with Crippen LogP contribution in [0.5, 0.6) is 5.75 Å². The quantitative estimate of drug-likeness (QED) is 0.481. The molecule has 0 unspecified atom stereocenters. The number of urea groups is 1. The number of benzene rings is 2. The molecule has 146 valence electrons. The van der Waals surface area contributed by atoms with Gasteiger partial charge < -0.3 is 20.5 Å². The van der Waals surface area contributed by atoms with Gasteiger partial charge in [0.1, 0.15) is 10.7 Å². The van der Waals surface area contributed by atoms with Crippen LogP contribution in [0.1, 0.15) is 22.8 Å². The van der Waals surface area contributed by atoms with Gasteiger partial charge in [0.05, 0.1) is 6.61 Å². The fraction of sp³-hybridized carbons (Fsp3) is 0.158. The molecule has 0 aromatic heterocycles. The molecule has 0 fully saturated rings. The van der Waals surface area contributed by atoms with Crippen LogP contribution in [0, 0.1) is 0 Å². The maximum Gasteiger partial charge on any atom is 0.344 e. The first-order valence-corrected chi connectivity index (χ1v) is 8.70. The normalized spacial score (nSPS) is 9.89. The van der Waals surface area contributed by atoms with E-state index >= 15 is 0 Å². The average Bonchev–Trinajstić information content (AvgIpc) is 2.67. The van der Waals surface area contributed by atoms with Crippen molar-refractivity contribution in [2.45, 2.75) is 6.92 Å². The van der Waals surface area contributed by atoms with Gasteiger partial charge in [-0.1, -0.05) is 24.4 Å². The Morgan fingerprint density at radius 3 is 2.18 bits per heavy atom. The van der Waals surface area contributed by atoms with Crippen molar-refractivity contribution in [1.29, 1.82) is 0 Å². The van der Waals surface area contributed by atoms with Crippen molar-refractivity contribution < 1.29 is 23.9 Å².